The fourth-order valence-corrected chi connectivity index (χ4v) is 4.82. The molecule has 0 amide bonds. The monoisotopic (exact) mass is 467 g/mol. The molecule has 0 saturated heterocycles. The van der Waals surface area contributed by atoms with E-state index in [-0.39, 0.29) is 16.9 Å². The number of nitrogens with zero attached hydrogens (tertiary/aromatic N) is 3. The van der Waals surface area contributed by atoms with Crippen molar-refractivity contribution < 1.29 is 4.74 Å². The molecule has 0 radical (unpaired) electrons. The molecule has 0 N–H and O–H groups in total. The minimum Gasteiger partial charge on any atom is -0.492 e. The minimum absolute atomic E-state index is 0.0212. The van der Waals surface area contributed by atoms with Gasteiger partial charge in [0.2, 0.25) is 0 Å². The first-order valence-electron chi connectivity index (χ1n) is 12.6. The summed E-state index contributed by atoms with van der Waals surface area (Å²) < 4.78 is 7.79. The van der Waals surface area contributed by atoms with Crippen LogP contribution in [0.25, 0.3) is 21.7 Å². The fourth-order valence-electron chi connectivity index (χ4n) is 4.82. The van der Waals surface area contributed by atoms with E-state index in [1.54, 1.807) is 6.21 Å². The van der Waals surface area contributed by atoms with Crippen molar-refractivity contribution in [1.82, 2.24) is 9.66 Å². The largest absolute Gasteiger partial charge is 0.492 e. The maximum Gasteiger partial charge on any atom is 0.282 e. The van der Waals surface area contributed by atoms with Crippen molar-refractivity contribution in [1.29, 1.82) is 0 Å². The van der Waals surface area contributed by atoms with Crippen LogP contribution in [-0.2, 0) is 0 Å². The average molecular weight is 468 g/mol. The van der Waals surface area contributed by atoms with Gasteiger partial charge < -0.3 is 4.74 Å². The van der Waals surface area contributed by atoms with E-state index in [0.29, 0.717) is 12.0 Å². The number of ether oxygens (including phenoxy) is 1. The highest BCUT2D eigenvalue weighted by molar-refractivity contribution is 6.02. The van der Waals surface area contributed by atoms with Gasteiger partial charge >= 0.3 is 0 Å². The highest BCUT2D eigenvalue weighted by Gasteiger charge is 2.22. The van der Waals surface area contributed by atoms with Crippen LogP contribution in [0.4, 0.5) is 0 Å². The Morgan fingerprint density at radius 3 is 2.46 bits per heavy atom. The average Bonchev–Trinajstić information content (AvgIpc) is 2.87. The first-order valence-corrected chi connectivity index (χ1v) is 12.6. The maximum absolute atomic E-state index is 13.6. The van der Waals surface area contributed by atoms with E-state index < -0.39 is 0 Å². The zero-order valence-electron chi connectivity index (χ0n) is 20.8. The summed E-state index contributed by atoms with van der Waals surface area (Å²) in [6, 6.07) is 19.8. The Morgan fingerprint density at radius 2 is 1.69 bits per heavy atom. The molecule has 1 aromatic heterocycles. The lowest BCUT2D eigenvalue weighted by Crippen LogP contribution is -2.25. The number of aromatic nitrogens is 2. The van der Waals surface area contributed by atoms with Crippen molar-refractivity contribution in [3.8, 4) is 5.75 Å². The van der Waals surface area contributed by atoms with Crippen LogP contribution in [-0.4, -0.2) is 22.5 Å². The van der Waals surface area contributed by atoms with Gasteiger partial charge in [-0.15, -0.1) is 0 Å². The van der Waals surface area contributed by atoms with Gasteiger partial charge in [-0.3, -0.25) is 4.79 Å². The smallest absolute Gasteiger partial charge is 0.282 e. The van der Waals surface area contributed by atoms with Crippen LogP contribution < -0.4 is 10.3 Å². The molecular formula is C30H33N3O2. The second-order valence-electron chi connectivity index (χ2n) is 10.7. The normalized spacial score (nSPS) is 15.3. The summed E-state index contributed by atoms with van der Waals surface area (Å²) in [5, 5.41) is 7.53. The molecule has 0 unspecified atom stereocenters. The first kappa shape index (κ1) is 23.3. The lowest BCUT2D eigenvalue weighted by atomic mass is 9.88. The van der Waals surface area contributed by atoms with Gasteiger partial charge in [-0.25, -0.2) is 4.98 Å². The van der Waals surface area contributed by atoms with Crippen LogP contribution in [0.2, 0.25) is 0 Å². The maximum atomic E-state index is 13.6. The molecule has 3 aromatic carbocycles. The molecule has 5 heteroatoms. The Kier molecular flexibility index (Phi) is 6.42. The molecule has 1 heterocycles. The number of hydrogen-bond acceptors (Lipinski definition) is 4. The van der Waals surface area contributed by atoms with Crippen molar-refractivity contribution in [3.05, 3.63) is 82.4 Å². The third-order valence-electron chi connectivity index (χ3n) is 6.64. The number of para-hydroxylation sites is 1. The summed E-state index contributed by atoms with van der Waals surface area (Å²) in [5.74, 6) is 1.77. The fraction of sp³-hybridized carbons (Fsp3) is 0.367. The van der Waals surface area contributed by atoms with Gasteiger partial charge in [0.15, 0.2) is 0 Å². The van der Waals surface area contributed by atoms with Gasteiger partial charge in [-0.1, -0.05) is 82.5 Å². The Morgan fingerprint density at radius 1 is 0.971 bits per heavy atom. The molecule has 5 rings (SSSR count). The van der Waals surface area contributed by atoms with E-state index in [1.807, 2.05) is 42.5 Å². The summed E-state index contributed by atoms with van der Waals surface area (Å²) in [7, 11) is 0. The van der Waals surface area contributed by atoms with Crippen molar-refractivity contribution in [2.75, 3.05) is 6.61 Å². The Hall–Kier alpha value is -3.47. The van der Waals surface area contributed by atoms with Gasteiger partial charge in [0.1, 0.15) is 11.6 Å². The molecule has 1 fully saturated rings. The molecule has 1 aliphatic rings. The van der Waals surface area contributed by atoms with Crippen LogP contribution in [0.5, 0.6) is 5.75 Å². The molecule has 1 aliphatic carbocycles. The summed E-state index contributed by atoms with van der Waals surface area (Å²) >= 11 is 0. The SMILES string of the molecule is CC(C)(C)COc1ccc2ccccc2c1C=Nn1c(C2CCCCC2)nc2ccccc2c1=O. The van der Waals surface area contributed by atoms with Gasteiger partial charge in [0.05, 0.1) is 23.7 Å². The predicted octanol–water partition coefficient (Wildman–Crippen LogP) is 6.90. The van der Waals surface area contributed by atoms with Crippen molar-refractivity contribution in [2.45, 2.75) is 58.8 Å². The van der Waals surface area contributed by atoms with Crippen molar-refractivity contribution in [3.63, 3.8) is 0 Å². The highest BCUT2D eigenvalue weighted by Crippen LogP contribution is 2.32. The number of hydrogen-bond donors (Lipinski definition) is 0. The van der Waals surface area contributed by atoms with E-state index in [9.17, 15) is 4.79 Å². The second kappa shape index (κ2) is 9.65. The van der Waals surface area contributed by atoms with Crippen LogP contribution in [0, 0.1) is 5.41 Å². The molecule has 0 bridgehead atoms. The highest BCUT2D eigenvalue weighted by atomic mass is 16.5. The quantitative estimate of drug-likeness (QED) is 0.300. The summed E-state index contributed by atoms with van der Waals surface area (Å²) in [6.07, 6.45) is 7.41. The Bertz CT molecular complexity index is 1440. The minimum atomic E-state index is -0.121. The molecule has 4 aromatic rings. The van der Waals surface area contributed by atoms with Crippen molar-refractivity contribution >= 4 is 27.9 Å². The molecule has 0 spiro atoms. The van der Waals surface area contributed by atoms with Gasteiger partial charge in [0, 0.05) is 11.5 Å². The standard InChI is InChI=1S/C30H33N3O2/c1-30(2,3)20-35-27-18-17-21-11-7-8-14-23(21)25(27)19-31-33-28(22-12-5-4-6-13-22)32-26-16-10-9-15-24(26)29(33)34/h7-11,14-19,22H,4-6,12-13,20H2,1-3H3. The molecule has 1 saturated carbocycles. The number of fused-ring (bicyclic) bond motifs is 2. The predicted molar refractivity (Wildman–Crippen MR) is 144 cm³/mol. The molecule has 0 aliphatic heterocycles. The van der Waals surface area contributed by atoms with Crippen molar-refractivity contribution in [2.24, 2.45) is 10.5 Å². The zero-order valence-corrected chi connectivity index (χ0v) is 20.8. The van der Waals surface area contributed by atoms with Crippen LogP contribution >= 0.6 is 0 Å². The van der Waals surface area contributed by atoms with Gasteiger partial charge in [-0.2, -0.15) is 9.78 Å². The first-order chi connectivity index (χ1) is 16.9. The molecule has 5 nitrogen and oxygen atoms in total. The van der Waals surface area contributed by atoms with Gasteiger partial charge in [-0.05, 0) is 47.2 Å². The lowest BCUT2D eigenvalue weighted by Gasteiger charge is -2.23. The van der Waals surface area contributed by atoms with Crippen LogP contribution in [0.3, 0.4) is 0 Å². The molecular weight excluding hydrogens is 434 g/mol. The Labute approximate surface area is 206 Å². The Balaban J connectivity index is 1.65. The second-order valence-corrected chi connectivity index (χ2v) is 10.7. The van der Waals surface area contributed by atoms with E-state index in [2.05, 4.69) is 39.0 Å². The summed E-state index contributed by atoms with van der Waals surface area (Å²) in [4.78, 5) is 18.5. The van der Waals surface area contributed by atoms with Gasteiger partial charge in [0.25, 0.3) is 5.56 Å². The third-order valence-corrected chi connectivity index (χ3v) is 6.64. The summed E-state index contributed by atoms with van der Waals surface area (Å²) in [6.45, 7) is 7.03. The van der Waals surface area contributed by atoms with Crippen LogP contribution in [0.15, 0.2) is 70.6 Å². The molecule has 180 valence electrons. The molecule has 35 heavy (non-hydrogen) atoms. The zero-order chi connectivity index (χ0) is 24.4. The van der Waals surface area contributed by atoms with E-state index in [1.165, 1.54) is 11.1 Å². The van der Waals surface area contributed by atoms with Crippen LogP contribution in [0.1, 0.15) is 70.2 Å². The van der Waals surface area contributed by atoms with E-state index >= 15 is 0 Å². The topological polar surface area (TPSA) is 56.5 Å². The lowest BCUT2D eigenvalue weighted by molar-refractivity contribution is 0.198. The summed E-state index contributed by atoms with van der Waals surface area (Å²) in [5.41, 5.74) is 1.52. The van der Waals surface area contributed by atoms with E-state index in [0.717, 1.165) is 59.1 Å². The van der Waals surface area contributed by atoms with E-state index in [4.69, 9.17) is 14.8 Å². The third kappa shape index (κ3) is 5.00. The number of benzene rings is 3. The molecule has 0 atom stereocenters. The number of rotatable bonds is 5.